The van der Waals surface area contributed by atoms with E-state index in [1.807, 2.05) is 18.2 Å². The van der Waals surface area contributed by atoms with Crippen LogP contribution in [0.1, 0.15) is 5.56 Å². The average molecular weight is 372 g/mol. The Labute approximate surface area is 135 Å². The zero-order valence-corrected chi connectivity index (χ0v) is 13.4. The quantitative estimate of drug-likeness (QED) is 0.614. The van der Waals surface area contributed by atoms with Crippen LogP contribution in [0.4, 0.5) is 11.4 Å². The zero-order chi connectivity index (χ0) is 15.4. The lowest BCUT2D eigenvalue weighted by molar-refractivity contribution is -0.383. The molecule has 2 rings (SSSR count). The average Bonchev–Trinajstić information content (AvgIpc) is 2.46. The van der Waals surface area contributed by atoms with Gasteiger partial charge in [0.2, 0.25) is 0 Å². The van der Waals surface area contributed by atoms with Crippen LogP contribution in [0.15, 0.2) is 40.9 Å². The molecule has 2 aromatic carbocycles. The van der Waals surface area contributed by atoms with Gasteiger partial charge in [0.05, 0.1) is 16.5 Å². The molecule has 0 aliphatic heterocycles. The highest BCUT2D eigenvalue weighted by Gasteiger charge is 2.14. The molecule has 0 saturated heterocycles. The zero-order valence-electron chi connectivity index (χ0n) is 11.1. The molecule has 0 aliphatic carbocycles. The fraction of sp³-hybridized carbons (Fsp3) is 0.143. The minimum Gasteiger partial charge on any atom is -0.496 e. The van der Waals surface area contributed by atoms with Gasteiger partial charge in [0.15, 0.2) is 0 Å². The van der Waals surface area contributed by atoms with Crippen LogP contribution in [0.25, 0.3) is 0 Å². The molecule has 0 fully saturated rings. The van der Waals surface area contributed by atoms with E-state index >= 15 is 0 Å². The summed E-state index contributed by atoms with van der Waals surface area (Å²) in [4.78, 5) is 10.5. The molecule has 0 unspecified atom stereocenters. The summed E-state index contributed by atoms with van der Waals surface area (Å²) in [7, 11) is 1.59. The summed E-state index contributed by atoms with van der Waals surface area (Å²) in [5, 5.41) is 14.4. The van der Waals surface area contributed by atoms with Gasteiger partial charge in [-0.1, -0.05) is 17.7 Å². The van der Waals surface area contributed by atoms with Crippen LogP contribution in [0, 0.1) is 10.1 Å². The Kier molecular flexibility index (Phi) is 5.03. The Morgan fingerprint density at radius 3 is 2.71 bits per heavy atom. The third-order valence-electron chi connectivity index (χ3n) is 2.86. The van der Waals surface area contributed by atoms with Crippen molar-refractivity contribution in [2.24, 2.45) is 0 Å². The molecule has 0 aliphatic rings. The van der Waals surface area contributed by atoms with Crippen molar-refractivity contribution < 1.29 is 9.66 Å². The fourth-order valence-electron chi connectivity index (χ4n) is 1.82. The van der Waals surface area contributed by atoms with Crippen molar-refractivity contribution in [2.75, 3.05) is 12.4 Å². The summed E-state index contributed by atoms with van der Waals surface area (Å²) in [6.07, 6.45) is 0. The third kappa shape index (κ3) is 3.86. The van der Waals surface area contributed by atoms with E-state index in [0.717, 1.165) is 15.8 Å². The molecule has 1 N–H and O–H groups in total. The standard InChI is InChI=1S/C14H12BrClN2O3/c1-21-14-5-2-9(6-11(14)15)8-17-12-4-3-10(16)7-13(12)18(19)20/h2-7,17H,8H2,1H3. The summed E-state index contributed by atoms with van der Waals surface area (Å²) in [6.45, 7) is 0.449. The van der Waals surface area contributed by atoms with Crippen molar-refractivity contribution in [3.05, 3.63) is 61.6 Å². The Morgan fingerprint density at radius 2 is 2.10 bits per heavy atom. The van der Waals surface area contributed by atoms with Crippen LogP contribution >= 0.6 is 27.5 Å². The second-order valence-electron chi connectivity index (χ2n) is 4.24. The number of benzene rings is 2. The van der Waals surface area contributed by atoms with Gasteiger partial charge in [-0.3, -0.25) is 10.1 Å². The predicted octanol–water partition coefficient (Wildman–Crippen LogP) is 4.63. The van der Waals surface area contributed by atoms with Crippen LogP contribution in [-0.4, -0.2) is 12.0 Å². The van der Waals surface area contributed by atoms with Gasteiger partial charge >= 0.3 is 0 Å². The molecule has 0 spiro atoms. The van der Waals surface area contributed by atoms with E-state index in [-0.39, 0.29) is 5.69 Å². The topological polar surface area (TPSA) is 64.4 Å². The second kappa shape index (κ2) is 6.78. The maximum absolute atomic E-state index is 11.0. The number of halogens is 2. The first-order valence-corrected chi connectivity index (χ1v) is 7.18. The number of ether oxygens (including phenoxy) is 1. The maximum atomic E-state index is 11.0. The van der Waals surface area contributed by atoms with E-state index in [4.69, 9.17) is 16.3 Å². The molecule has 2 aromatic rings. The van der Waals surface area contributed by atoms with E-state index in [1.54, 1.807) is 19.2 Å². The summed E-state index contributed by atoms with van der Waals surface area (Å²) >= 11 is 9.18. The van der Waals surface area contributed by atoms with Crippen molar-refractivity contribution in [1.29, 1.82) is 0 Å². The SMILES string of the molecule is COc1ccc(CNc2ccc(Cl)cc2[N+](=O)[O-])cc1Br. The summed E-state index contributed by atoms with van der Waals surface area (Å²) < 4.78 is 5.98. The van der Waals surface area contributed by atoms with Crippen molar-refractivity contribution >= 4 is 38.9 Å². The third-order valence-corrected chi connectivity index (χ3v) is 3.71. The maximum Gasteiger partial charge on any atom is 0.293 e. The minimum absolute atomic E-state index is 0.0462. The molecule has 0 heterocycles. The molecule has 21 heavy (non-hydrogen) atoms. The van der Waals surface area contributed by atoms with Crippen LogP contribution < -0.4 is 10.1 Å². The Balaban J connectivity index is 2.16. The molecule has 5 nitrogen and oxygen atoms in total. The number of nitro benzene ring substituents is 1. The van der Waals surface area contributed by atoms with E-state index in [0.29, 0.717) is 17.3 Å². The molecular formula is C14H12BrClN2O3. The smallest absolute Gasteiger partial charge is 0.293 e. The molecule has 0 saturated carbocycles. The van der Waals surface area contributed by atoms with E-state index < -0.39 is 4.92 Å². The number of rotatable bonds is 5. The van der Waals surface area contributed by atoms with E-state index in [2.05, 4.69) is 21.2 Å². The largest absolute Gasteiger partial charge is 0.496 e. The van der Waals surface area contributed by atoms with Crippen molar-refractivity contribution in [3.8, 4) is 5.75 Å². The molecule has 0 radical (unpaired) electrons. The van der Waals surface area contributed by atoms with Gasteiger partial charge in [-0.25, -0.2) is 0 Å². The number of methoxy groups -OCH3 is 1. The first-order chi connectivity index (χ1) is 10.0. The first-order valence-electron chi connectivity index (χ1n) is 6.01. The number of hydrogen-bond acceptors (Lipinski definition) is 4. The van der Waals surface area contributed by atoms with Gasteiger partial charge in [0, 0.05) is 17.6 Å². The summed E-state index contributed by atoms with van der Waals surface area (Å²) in [6, 6.07) is 10.1. The van der Waals surface area contributed by atoms with Crippen molar-refractivity contribution in [1.82, 2.24) is 0 Å². The molecule has 7 heteroatoms. The van der Waals surface area contributed by atoms with Gasteiger partial charge in [-0.2, -0.15) is 0 Å². The molecule has 0 aromatic heterocycles. The van der Waals surface area contributed by atoms with Gasteiger partial charge in [-0.15, -0.1) is 0 Å². The van der Waals surface area contributed by atoms with Crippen molar-refractivity contribution in [3.63, 3.8) is 0 Å². The highest BCUT2D eigenvalue weighted by atomic mass is 79.9. The Bertz CT molecular complexity index is 679. The predicted molar refractivity (Wildman–Crippen MR) is 86.1 cm³/mol. The number of nitro groups is 1. The number of anilines is 1. The lowest BCUT2D eigenvalue weighted by Crippen LogP contribution is -2.02. The summed E-state index contributed by atoms with van der Waals surface area (Å²) in [5.41, 5.74) is 1.35. The number of hydrogen-bond donors (Lipinski definition) is 1. The minimum atomic E-state index is -0.460. The molecule has 0 bridgehead atoms. The molecular weight excluding hydrogens is 360 g/mol. The monoisotopic (exact) mass is 370 g/mol. The second-order valence-corrected chi connectivity index (χ2v) is 5.53. The Hall–Kier alpha value is -1.79. The van der Waals surface area contributed by atoms with Gasteiger partial charge in [-0.05, 0) is 45.8 Å². The highest BCUT2D eigenvalue weighted by molar-refractivity contribution is 9.10. The van der Waals surface area contributed by atoms with Gasteiger partial charge in [0.1, 0.15) is 11.4 Å². The van der Waals surface area contributed by atoms with Crippen LogP contribution in [0.2, 0.25) is 5.02 Å². The van der Waals surface area contributed by atoms with Gasteiger partial charge in [0.25, 0.3) is 5.69 Å². The molecule has 110 valence electrons. The lowest BCUT2D eigenvalue weighted by atomic mass is 10.2. The lowest BCUT2D eigenvalue weighted by Gasteiger charge is -2.09. The first kappa shape index (κ1) is 15.6. The van der Waals surface area contributed by atoms with E-state index in [1.165, 1.54) is 6.07 Å². The van der Waals surface area contributed by atoms with E-state index in [9.17, 15) is 10.1 Å². The Morgan fingerprint density at radius 1 is 1.33 bits per heavy atom. The van der Waals surface area contributed by atoms with Crippen LogP contribution in [0.5, 0.6) is 5.75 Å². The highest BCUT2D eigenvalue weighted by Crippen LogP contribution is 2.29. The normalized spacial score (nSPS) is 10.2. The van der Waals surface area contributed by atoms with Gasteiger partial charge < -0.3 is 10.1 Å². The van der Waals surface area contributed by atoms with Crippen LogP contribution in [0.3, 0.4) is 0 Å². The summed E-state index contributed by atoms with van der Waals surface area (Å²) in [5.74, 6) is 0.733. The molecule has 0 amide bonds. The van der Waals surface area contributed by atoms with Crippen molar-refractivity contribution in [2.45, 2.75) is 6.54 Å². The molecule has 0 atom stereocenters. The number of nitrogens with zero attached hydrogens (tertiary/aromatic N) is 1. The number of nitrogens with one attached hydrogen (secondary N) is 1. The van der Waals surface area contributed by atoms with Crippen LogP contribution in [-0.2, 0) is 6.54 Å². The fourth-order valence-corrected chi connectivity index (χ4v) is 2.58.